The van der Waals surface area contributed by atoms with Crippen molar-refractivity contribution in [3.63, 3.8) is 0 Å². The van der Waals surface area contributed by atoms with Crippen molar-refractivity contribution in [1.29, 1.82) is 0 Å². The number of fused-ring (bicyclic) bond motifs is 1. The van der Waals surface area contributed by atoms with Crippen molar-refractivity contribution in [3.8, 4) is 0 Å². The molecule has 2 rings (SSSR count). The second-order valence-corrected chi connectivity index (χ2v) is 5.62. The summed E-state index contributed by atoms with van der Waals surface area (Å²) in [6.45, 7) is 8.32. The molecule has 2 saturated heterocycles. The van der Waals surface area contributed by atoms with Gasteiger partial charge in [0, 0.05) is 32.2 Å². The van der Waals surface area contributed by atoms with Gasteiger partial charge in [-0.1, -0.05) is 6.92 Å². The first-order valence-electron chi connectivity index (χ1n) is 7.52. The van der Waals surface area contributed by atoms with Gasteiger partial charge in [0.2, 0.25) is 0 Å². The molecule has 2 heterocycles. The Morgan fingerprint density at radius 3 is 3.00 bits per heavy atom. The van der Waals surface area contributed by atoms with Crippen molar-refractivity contribution < 1.29 is 9.53 Å². The lowest BCUT2D eigenvalue weighted by atomic mass is 10.1. The molecule has 5 heteroatoms. The molecule has 0 aromatic carbocycles. The van der Waals surface area contributed by atoms with E-state index >= 15 is 0 Å². The summed E-state index contributed by atoms with van der Waals surface area (Å²) in [5.74, 6) is -0.137. The molecule has 110 valence electrons. The lowest BCUT2D eigenvalue weighted by molar-refractivity contribution is -0.143. The Kier molecular flexibility index (Phi) is 5.60. The lowest BCUT2D eigenvalue weighted by Gasteiger charge is -2.38. The summed E-state index contributed by atoms with van der Waals surface area (Å²) in [7, 11) is 1.47. The number of methoxy groups -OCH3 is 1. The first-order chi connectivity index (χ1) is 9.24. The van der Waals surface area contributed by atoms with Crippen LogP contribution in [-0.4, -0.2) is 74.2 Å². The average molecular weight is 269 g/mol. The van der Waals surface area contributed by atoms with Crippen LogP contribution in [0.2, 0.25) is 0 Å². The monoisotopic (exact) mass is 269 g/mol. The summed E-state index contributed by atoms with van der Waals surface area (Å²) in [4.78, 5) is 16.8. The van der Waals surface area contributed by atoms with Crippen LogP contribution in [0.25, 0.3) is 0 Å². The fraction of sp³-hybridized carbons (Fsp3) is 0.929. The molecule has 0 aromatic heterocycles. The van der Waals surface area contributed by atoms with Crippen LogP contribution >= 0.6 is 0 Å². The Morgan fingerprint density at radius 2 is 2.26 bits per heavy atom. The highest BCUT2D eigenvalue weighted by atomic mass is 16.5. The van der Waals surface area contributed by atoms with Gasteiger partial charge < -0.3 is 10.1 Å². The van der Waals surface area contributed by atoms with Gasteiger partial charge in [0.1, 0.15) is 6.04 Å². The molecule has 2 aliphatic heterocycles. The third-order valence-corrected chi connectivity index (χ3v) is 4.24. The lowest BCUT2D eigenvalue weighted by Crippen LogP contribution is -2.55. The number of hydrogen-bond acceptors (Lipinski definition) is 5. The summed E-state index contributed by atoms with van der Waals surface area (Å²) < 4.78 is 4.90. The van der Waals surface area contributed by atoms with E-state index in [4.69, 9.17) is 4.74 Å². The third-order valence-electron chi connectivity index (χ3n) is 4.24. The highest BCUT2D eigenvalue weighted by Gasteiger charge is 2.32. The molecule has 0 aliphatic carbocycles. The number of ether oxygens (including phenoxy) is 1. The normalized spacial score (nSPS) is 26.1. The highest BCUT2D eigenvalue weighted by Crippen LogP contribution is 2.21. The fourth-order valence-corrected chi connectivity index (χ4v) is 3.16. The molecule has 0 amide bonds. The Bertz CT molecular complexity index is 298. The molecule has 5 nitrogen and oxygen atoms in total. The van der Waals surface area contributed by atoms with E-state index in [-0.39, 0.29) is 12.0 Å². The van der Waals surface area contributed by atoms with Crippen LogP contribution in [0.1, 0.15) is 26.2 Å². The van der Waals surface area contributed by atoms with Crippen molar-refractivity contribution >= 4 is 5.97 Å². The van der Waals surface area contributed by atoms with Gasteiger partial charge in [-0.05, 0) is 32.4 Å². The molecular formula is C14H27N3O2. The summed E-state index contributed by atoms with van der Waals surface area (Å²) in [6, 6.07) is 0.524. The second kappa shape index (κ2) is 7.22. The second-order valence-electron chi connectivity index (χ2n) is 5.62. The Hall–Kier alpha value is -0.650. The molecule has 2 aliphatic rings. The van der Waals surface area contributed by atoms with E-state index in [0.717, 1.165) is 39.1 Å². The van der Waals surface area contributed by atoms with Gasteiger partial charge in [0.15, 0.2) is 0 Å². The van der Waals surface area contributed by atoms with Gasteiger partial charge in [-0.15, -0.1) is 0 Å². The molecule has 2 atom stereocenters. The van der Waals surface area contributed by atoms with Crippen LogP contribution in [-0.2, 0) is 9.53 Å². The zero-order chi connectivity index (χ0) is 13.7. The standard InChI is InChI=1S/C14H27N3O2/c1-3-6-15-13(14(18)19-2)11-16-8-9-17-7-4-5-12(17)10-16/h12-13,15H,3-11H2,1-2H3. The van der Waals surface area contributed by atoms with Crippen LogP contribution in [0, 0.1) is 0 Å². The smallest absolute Gasteiger partial charge is 0.324 e. The molecule has 0 radical (unpaired) electrons. The van der Waals surface area contributed by atoms with E-state index in [0.29, 0.717) is 6.04 Å². The summed E-state index contributed by atoms with van der Waals surface area (Å²) in [5, 5.41) is 3.30. The van der Waals surface area contributed by atoms with E-state index in [9.17, 15) is 4.79 Å². The molecular weight excluding hydrogens is 242 g/mol. The van der Waals surface area contributed by atoms with Gasteiger partial charge in [-0.25, -0.2) is 0 Å². The van der Waals surface area contributed by atoms with E-state index in [2.05, 4.69) is 22.0 Å². The zero-order valence-corrected chi connectivity index (χ0v) is 12.2. The third kappa shape index (κ3) is 3.91. The summed E-state index contributed by atoms with van der Waals surface area (Å²) in [6.07, 6.45) is 3.67. The molecule has 0 bridgehead atoms. The SMILES string of the molecule is CCCNC(CN1CCN2CCCC2C1)C(=O)OC. The highest BCUT2D eigenvalue weighted by molar-refractivity contribution is 5.75. The number of rotatable bonds is 6. The average Bonchev–Trinajstić information content (AvgIpc) is 2.90. The van der Waals surface area contributed by atoms with Crippen LogP contribution < -0.4 is 5.32 Å². The number of esters is 1. The first kappa shape index (κ1) is 14.8. The van der Waals surface area contributed by atoms with Crippen molar-refractivity contribution in [2.24, 2.45) is 0 Å². The van der Waals surface area contributed by atoms with E-state index in [1.54, 1.807) is 0 Å². The van der Waals surface area contributed by atoms with Gasteiger partial charge in [0.25, 0.3) is 0 Å². The molecule has 0 aromatic rings. The van der Waals surface area contributed by atoms with Crippen molar-refractivity contribution in [2.75, 3.05) is 46.4 Å². The fourth-order valence-electron chi connectivity index (χ4n) is 3.16. The first-order valence-corrected chi connectivity index (χ1v) is 7.52. The Morgan fingerprint density at radius 1 is 1.42 bits per heavy atom. The van der Waals surface area contributed by atoms with E-state index in [1.165, 1.54) is 26.5 Å². The molecule has 2 unspecified atom stereocenters. The molecule has 0 spiro atoms. The van der Waals surface area contributed by atoms with Crippen molar-refractivity contribution in [2.45, 2.75) is 38.3 Å². The van der Waals surface area contributed by atoms with E-state index < -0.39 is 0 Å². The van der Waals surface area contributed by atoms with Crippen molar-refractivity contribution in [1.82, 2.24) is 15.1 Å². The number of carbonyl (C=O) groups excluding carboxylic acids is 1. The predicted octanol–water partition coefficient (Wildman–Crippen LogP) is 0.308. The maximum Gasteiger partial charge on any atom is 0.324 e. The van der Waals surface area contributed by atoms with Gasteiger partial charge in [0.05, 0.1) is 7.11 Å². The quantitative estimate of drug-likeness (QED) is 0.703. The number of nitrogens with one attached hydrogen (secondary N) is 1. The zero-order valence-electron chi connectivity index (χ0n) is 12.2. The number of carbonyl (C=O) groups is 1. The predicted molar refractivity (Wildman–Crippen MR) is 75.1 cm³/mol. The summed E-state index contributed by atoms with van der Waals surface area (Å²) in [5.41, 5.74) is 0. The van der Waals surface area contributed by atoms with E-state index in [1.807, 2.05) is 0 Å². The Balaban J connectivity index is 1.84. The van der Waals surface area contributed by atoms with Crippen molar-refractivity contribution in [3.05, 3.63) is 0 Å². The Labute approximate surface area is 116 Å². The molecule has 2 fully saturated rings. The van der Waals surface area contributed by atoms with Crippen LogP contribution in [0.15, 0.2) is 0 Å². The van der Waals surface area contributed by atoms with Crippen LogP contribution in [0.4, 0.5) is 0 Å². The number of nitrogens with zero attached hydrogens (tertiary/aromatic N) is 2. The number of hydrogen-bond donors (Lipinski definition) is 1. The maximum atomic E-state index is 11.8. The summed E-state index contributed by atoms with van der Waals surface area (Å²) >= 11 is 0. The minimum Gasteiger partial charge on any atom is -0.468 e. The largest absolute Gasteiger partial charge is 0.468 e. The van der Waals surface area contributed by atoms with Gasteiger partial charge in [-0.3, -0.25) is 14.6 Å². The van der Waals surface area contributed by atoms with Crippen LogP contribution in [0.3, 0.4) is 0 Å². The minimum atomic E-state index is -0.182. The molecule has 1 N–H and O–H groups in total. The topological polar surface area (TPSA) is 44.8 Å². The maximum absolute atomic E-state index is 11.8. The number of piperazine rings is 1. The van der Waals surface area contributed by atoms with Crippen LogP contribution in [0.5, 0.6) is 0 Å². The molecule has 0 saturated carbocycles. The minimum absolute atomic E-state index is 0.137. The van der Waals surface area contributed by atoms with Gasteiger partial charge >= 0.3 is 5.97 Å². The van der Waals surface area contributed by atoms with Gasteiger partial charge in [-0.2, -0.15) is 0 Å². The molecule has 19 heavy (non-hydrogen) atoms.